The van der Waals surface area contributed by atoms with Crippen LogP contribution >= 0.6 is 11.8 Å². The molecule has 1 aliphatic heterocycles. The number of para-hydroxylation sites is 1. The zero-order valence-corrected chi connectivity index (χ0v) is 17.5. The van der Waals surface area contributed by atoms with Gasteiger partial charge in [-0.15, -0.1) is 0 Å². The molecule has 1 saturated heterocycles. The van der Waals surface area contributed by atoms with Crippen molar-refractivity contribution in [3.05, 3.63) is 53.6 Å². The van der Waals surface area contributed by atoms with Crippen molar-refractivity contribution in [2.24, 2.45) is 0 Å². The number of H-pyrrole nitrogens is 1. The van der Waals surface area contributed by atoms with Crippen LogP contribution in [0, 0.1) is 0 Å². The van der Waals surface area contributed by atoms with Gasteiger partial charge in [0.15, 0.2) is 0 Å². The molecule has 0 bridgehead atoms. The number of carbonyl (C=O) groups excluding carboxylic acids is 1. The first-order valence-corrected chi connectivity index (χ1v) is 10.4. The Balaban J connectivity index is 1.48. The highest BCUT2D eigenvalue weighted by molar-refractivity contribution is 6.25. The maximum Gasteiger partial charge on any atom is 0.267 e. The summed E-state index contributed by atoms with van der Waals surface area (Å²) in [6, 6.07) is 15.0. The summed E-state index contributed by atoms with van der Waals surface area (Å²) in [7, 11) is 0. The SMILES string of the molecule is CC(C)NC1CCN(Cc2ccc(-c3nc4c(C(=O)NCl)cccc4[nH]3)cc2)C1. The van der Waals surface area contributed by atoms with Gasteiger partial charge in [0.05, 0.1) is 11.1 Å². The van der Waals surface area contributed by atoms with Gasteiger partial charge in [0.1, 0.15) is 11.3 Å². The van der Waals surface area contributed by atoms with E-state index in [-0.39, 0.29) is 5.91 Å². The molecule has 4 rings (SSSR count). The number of imidazole rings is 1. The Labute approximate surface area is 175 Å². The second-order valence-electron chi connectivity index (χ2n) is 7.95. The summed E-state index contributed by atoms with van der Waals surface area (Å²) < 4.78 is 0. The third-order valence-corrected chi connectivity index (χ3v) is 5.49. The average molecular weight is 412 g/mol. The number of aromatic nitrogens is 2. The molecular weight excluding hydrogens is 386 g/mol. The Morgan fingerprint density at radius 3 is 2.79 bits per heavy atom. The molecule has 3 aromatic rings. The number of hydrogen-bond acceptors (Lipinski definition) is 4. The summed E-state index contributed by atoms with van der Waals surface area (Å²) in [6.07, 6.45) is 1.20. The van der Waals surface area contributed by atoms with Crippen LogP contribution in [0.15, 0.2) is 42.5 Å². The van der Waals surface area contributed by atoms with Crippen LogP contribution in [-0.4, -0.2) is 45.9 Å². The lowest BCUT2D eigenvalue weighted by Gasteiger charge is -2.18. The van der Waals surface area contributed by atoms with E-state index in [0.717, 1.165) is 36.5 Å². The fourth-order valence-corrected chi connectivity index (χ4v) is 4.11. The molecule has 1 fully saturated rings. The van der Waals surface area contributed by atoms with Crippen molar-refractivity contribution < 1.29 is 4.79 Å². The van der Waals surface area contributed by atoms with Gasteiger partial charge in [-0.25, -0.2) is 4.98 Å². The highest BCUT2D eigenvalue weighted by Gasteiger charge is 2.22. The summed E-state index contributed by atoms with van der Waals surface area (Å²) in [6.45, 7) is 7.57. The Kier molecular flexibility index (Phi) is 5.85. The number of aromatic amines is 1. The van der Waals surface area contributed by atoms with Crippen LogP contribution in [0.3, 0.4) is 0 Å². The summed E-state index contributed by atoms with van der Waals surface area (Å²) in [5.41, 5.74) is 4.16. The van der Waals surface area contributed by atoms with Crippen LogP contribution in [0.4, 0.5) is 0 Å². The predicted molar refractivity (Wildman–Crippen MR) is 117 cm³/mol. The summed E-state index contributed by atoms with van der Waals surface area (Å²) in [5, 5.41) is 3.63. The third-order valence-electron chi connectivity index (χ3n) is 5.32. The first kappa shape index (κ1) is 19.9. The van der Waals surface area contributed by atoms with E-state index in [2.05, 4.69) is 63.1 Å². The predicted octanol–water partition coefficient (Wildman–Crippen LogP) is 3.69. The van der Waals surface area contributed by atoms with Crippen LogP contribution in [-0.2, 0) is 6.54 Å². The maximum atomic E-state index is 12.0. The number of likely N-dealkylation sites (tertiary alicyclic amines) is 1. The molecule has 7 heteroatoms. The van der Waals surface area contributed by atoms with Gasteiger partial charge in [-0.2, -0.15) is 0 Å². The molecule has 1 aliphatic rings. The fourth-order valence-electron chi connectivity index (χ4n) is 4.01. The van der Waals surface area contributed by atoms with E-state index < -0.39 is 0 Å². The van der Waals surface area contributed by atoms with Crippen molar-refractivity contribution in [2.75, 3.05) is 13.1 Å². The van der Waals surface area contributed by atoms with Crippen LogP contribution in [0.5, 0.6) is 0 Å². The average Bonchev–Trinajstić information content (AvgIpc) is 3.34. The van der Waals surface area contributed by atoms with Crippen molar-refractivity contribution in [2.45, 2.75) is 38.9 Å². The van der Waals surface area contributed by atoms with Crippen molar-refractivity contribution in [1.82, 2.24) is 25.0 Å². The topological polar surface area (TPSA) is 73.1 Å². The number of nitrogens with zero attached hydrogens (tertiary/aromatic N) is 2. The molecule has 6 nitrogen and oxygen atoms in total. The van der Waals surface area contributed by atoms with E-state index in [1.54, 1.807) is 6.07 Å². The number of benzene rings is 2. The number of nitrogens with one attached hydrogen (secondary N) is 3. The lowest BCUT2D eigenvalue weighted by Crippen LogP contribution is -2.36. The molecule has 0 radical (unpaired) electrons. The molecule has 2 heterocycles. The van der Waals surface area contributed by atoms with Gasteiger partial charge in [0, 0.05) is 49.1 Å². The van der Waals surface area contributed by atoms with Crippen LogP contribution < -0.4 is 10.2 Å². The van der Waals surface area contributed by atoms with Crippen LogP contribution in [0.2, 0.25) is 0 Å². The lowest BCUT2D eigenvalue weighted by atomic mass is 10.1. The maximum absolute atomic E-state index is 12.0. The highest BCUT2D eigenvalue weighted by atomic mass is 35.5. The number of fused-ring (bicyclic) bond motifs is 1. The quantitative estimate of drug-likeness (QED) is 0.541. The second kappa shape index (κ2) is 8.53. The fraction of sp³-hybridized carbons (Fsp3) is 0.364. The number of amides is 1. The molecule has 1 atom stereocenters. The summed E-state index contributed by atoms with van der Waals surface area (Å²) in [5.74, 6) is 0.380. The van der Waals surface area contributed by atoms with Crippen molar-refractivity contribution >= 4 is 28.7 Å². The van der Waals surface area contributed by atoms with Gasteiger partial charge in [0.25, 0.3) is 5.91 Å². The number of hydrogen-bond donors (Lipinski definition) is 3. The molecule has 1 amide bonds. The van der Waals surface area contributed by atoms with Gasteiger partial charge in [-0.1, -0.05) is 44.2 Å². The Bertz CT molecular complexity index is 998. The molecule has 1 aromatic heterocycles. The molecule has 0 aliphatic carbocycles. The van der Waals surface area contributed by atoms with Crippen molar-refractivity contribution in [3.8, 4) is 11.4 Å². The number of rotatable bonds is 6. The van der Waals surface area contributed by atoms with Crippen molar-refractivity contribution in [1.29, 1.82) is 0 Å². The lowest BCUT2D eigenvalue weighted by molar-refractivity contribution is 0.0983. The van der Waals surface area contributed by atoms with Gasteiger partial charge in [-0.05, 0) is 24.1 Å². The molecule has 1 unspecified atom stereocenters. The van der Waals surface area contributed by atoms with E-state index in [1.807, 2.05) is 12.1 Å². The third kappa shape index (κ3) is 4.45. The zero-order chi connectivity index (χ0) is 20.4. The first-order chi connectivity index (χ1) is 14.0. The molecule has 29 heavy (non-hydrogen) atoms. The number of carbonyl (C=O) groups is 1. The largest absolute Gasteiger partial charge is 0.338 e. The van der Waals surface area contributed by atoms with E-state index in [4.69, 9.17) is 11.8 Å². The van der Waals surface area contributed by atoms with Crippen LogP contribution in [0.1, 0.15) is 36.2 Å². The minimum Gasteiger partial charge on any atom is -0.338 e. The smallest absolute Gasteiger partial charge is 0.267 e. The minimum atomic E-state index is -0.360. The Hall–Kier alpha value is -2.41. The van der Waals surface area contributed by atoms with E-state index in [0.29, 0.717) is 23.2 Å². The van der Waals surface area contributed by atoms with Gasteiger partial charge >= 0.3 is 0 Å². The molecule has 0 spiro atoms. The monoisotopic (exact) mass is 411 g/mol. The Morgan fingerprint density at radius 1 is 1.28 bits per heavy atom. The molecule has 2 aromatic carbocycles. The molecule has 0 saturated carbocycles. The van der Waals surface area contributed by atoms with E-state index >= 15 is 0 Å². The highest BCUT2D eigenvalue weighted by Crippen LogP contribution is 2.24. The minimum absolute atomic E-state index is 0.360. The molecular formula is C22H26ClN5O. The summed E-state index contributed by atoms with van der Waals surface area (Å²) >= 11 is 5.49. The second-order valence-corrected chi connectivity index (χ2v) is 8.14. The zero-order valence-electron chi connectivity index (χ0n) is 16.7. The Morgan fingerprint density at radius 2 is 2.07 bits per heavy atom. The van der Waals surface area contributed by atoms with E-state index in [9.17, 15) is 4.79 Å². The number of halogens is 1. The normalized spacial score (nSPS) is 17.3. The van der Waals surface area contributed by atoms with Crippen molar-refractivity contribution in [3.63, 3.8) is 0 Å². The standard InChI is InChI=1S/C22H26ClN5O/c1-14(2)24-17-10-11-28(13-17)12-15-6-8-16(9-7-15)21-25-19-5-3-4-18(20(19)26-21)22(29)27-23/h3-9,14,17,24H,10-13H2,1-2H3,(H,25,26)(H,27,29). The first-order valence-electron chi connectivity index (χ1n) is 10.0. The van der Waals surface area contributed by atoms with Gasteiger partial charge in [0.2, 0.25) is 0 Å². The summed E-state index contributed by atoms with van der Waals surface area (Å²) in [4.78, 5) is 24.5. The van der Waals surface area contributed by atoms with Gasteiger partial charge in [-0.3, -0.25) is 14.5 Å². The van der Waals surface area contributed by atoms with Gasteiger partial charge < -0.3 is 10.3 Å². The van der Waals surface area contributed by atoms with E-state index in [1.165, 1.54) is 12.0 Å². The molecule has 152 valence electrons. The van der Waals surface area contributed by atoms with Crippen LogP contribution in [0.25, 0.3) is 22.4 Å². The molecule has 3 N–H and O–H groups in total.